The normalized spacial score (nSPS) is 30.5. The number of thioether (sulfide) groups is 1. The van der Waals surface area contributed by atoms with E-state index in [0.717, 1.165) is 37.2 Å². The Morgan fingerprint density at radius 1 is 1.12 bits per heavy atom. The topological polar surface area (TPSA) is 49.4 Å². The van der Waals surface area contributed by atoms with Crippen molar-refractivity contribution in [1.29, 1.82) is 0 Å². The molecule has 4 nitrogen and oxygen atoms in total. The molecule has 1 aromatic carbocycles. The molecule has 0 spiro atoms. The average Bonchev–Trinajstić information content (AvgIpc) is 2.85. The number of hydrogen-bond acceptors (Lipinski definition) is 3. The molecule has 0 bridgehead atoms. The van der Waals surface area contributed by atoms with Gasteiger partial charge >= 0.3 is 6.03 Å². The molecule has 24 heavy (non-hydrogen) atoms. The summed E-state index contributed by atoms with van der Waals surface area (Å²) >= 11 is 1.26. The SMILES string of the molecule is Cc1ccc([C@@H]2SC(=O)N(C(=O)NC3CCC(C)CC3)[C@H]2C)cc1. The molecule has 2 atom stereocenters. The van der Waals surface area contributed by atoms with Crippen LogP contribution in [0.15, 0.2) is 24.3 Å². The quantitative estimate of drug-likeness (QED) is 0.830. The molecule has 0 radical (unpaired) electrons. The van der Waals surface area contributed by atoms with Crippen LogP contribution in [-0.2, 0) is 0 Å². The van der Waals surface area contributed by atoms with Gasteiger partial charge in [0.2, 0.25) is 0 Å². The van der Waals surface area contributed by atoms with Crippen LogP contribution in [0.1, 0.15) is 55.9 Å². The fourth-order valence-electron chi connectivity index (χ4n) is 3.58. The van der Waals surface area contributed by atoms with Gasteiger partial charge in [-0.3, -0.25) is 9.69 Å². The van der Waals surface area contributed by atoms with Gasteiger partial charge in [-0.15, -0.1) is 0 Å². The number of hydrogen-bond donors (Lipinski definition) is 1. The number of carbonyl (C=O) groups is 2. The Bertz CT molecular complexity index is 608. The zero-order chi connectivity index (χ0) is 17.3. The van der Waals surface area contributed by atoms with Crippen molar-refractivity contribution < 1.29 is 9.59 Å². The number of urea groups is 1. The van der Waals surface area contributed by atoms with Gasteiger partial charge in [0.25, 0.3) is 5.24 Å². The molecule has 1 aromatic rings. The summed E-state index contributed by atoms with van der Waals surface area (Å²) in [4.78, 5) is 26.4. The van der Waals surface area contributed by atoms with Crippen molar-refractivity contribution in [3.8, 4) is 0 Å². The Labute approximate surface area is 148 Å². The largest absolute Gasteiger partial charge is 0.335 e. The third kappa shape index (κ3) is 3.61. The van der Waals surface area contributed by atoms with Crippen molar-refractivity contribution in [2.75, 3.05) is 0 Å². The van der Waals surface area contributed by atoms with Crippen molar-refractivity contribution in [3.05, 3.63) is 35.4 Å². The van der Waals surface area contributed by atoms with Crippen molar-refractivity contribution in [3.63, 3.8) is 0 Å². The molecule has 1 heterocycles. The Balaban J connectivity index is 1.66. The summed E-state index contributed by atoms with van der Waals surface area (Å²) < 4.78 is 0. The Morgan fingerprint density at radius 3 is 2.38 bits per heavy atom. The molecule has 5 heteroatoms. The maximum atomic E-state index is 12.6. The van der Waals surface area contributed by atoms with Gasteiger partial charge < -0.3 is 5.32 Å². The van der Waals surface area contributed by atoms with E-state index < -0.39 is 0 Å². The van der Waals surface area contributed by atoms with E-state index in [-0.39, 0.29) is 28.6 Å². The van der Waals surface area contributed by atoms with Crippen molar-refractivity contribution in [2.45, 2.75) is 63.8 Å². The standard InChI is InChI=1S/C19H26N2O2S/c1-12-4-8-15(9-5-12)17-14(3)21(19(23)24-17)18(22)20-16-10-6-13(2)7-11-16/h4-5,8-9,13-14,16-17H,6-7,10-11H2,1-3H3,(H,20,22)/t13?,14-,16?,17+/m0/s1. The van der Waals surface area contributed by atoms with Gasteiger partial charge in [-0.1, -0.05) is 48.5 Å². The van der Waals surface area contributed by atoms with Crippen LogP contribution in [0.3, 0.4) is 0 Å². The van der Waals surface area contributed by atoms with Crippen LogP contribution in [-0.4, -0.2) is 28.3 Å². The zero-order valence-corrected chi connectivity index (χ0v) is 15.4. The predicted octanol–water partition coefficient (Wildman–Crippen LogP) is 4.88. The Hall–Kier alpha value is -1.49. The van der Waals surface area contributed by atoms with Crippen molar-refractivity contribution in [1.82, 2.24) is 10.2 Å². The van der Waals surface area contributed by atoms with Crippen LogP contribution in [0.2, 0.25) is 0 Å². The van der Waals surface area contributed by atoms with Crippen LogP contribution >= 0.6 is 11.8 Å². The number of amides is 3. The maximum Gasteiger partial charge on any atom is 0.325 e. The molecular formula is C19H26N2O2S. The number of benzene rings is 1. The van der Waals surface area contributed by atoms with Gasteiger partial charge in [-0.25, -0.2) is 4.79 Å². The smallest absolute Gasteiger partial charge is 0.325 e. The van der Waals surface area contributed by atoms with Gasteiger partial charge in [0.1, 0.15) is 0 Å². The first-order chi connectivity index (χ1) is 11.5. The second kappa shape index (κ2) is 7.18. The lowest BCUT2D eigenvalue weighted by atomic mass is 9.87. The molecule has 1 saturated carbocycles. The molecular weight excluding hydrogens is 320 g/mol. The summed E-state index contributed by atoms with van der Waals surface area (Å²) in [5.41, 5.74) is 2.30. The van der Waals surface area contributed by atoms with E-state index in [4.69, 9.17) is 0 Å². The van der Waals surface area contributed by atoms with Crippen LogP contribution < -0.4 is 5.32 Å². The first kappa shape index (κ1) is 17.3. The lowest BCUT2D eigenvalue weighted by molar-refractivity contribution is 0.182. The number of nitrogens with zero attached hydrogens (tertiary/aromatic N) is 1. The van der Waals surface area contributed by atoms with Gasteiger partial charge in [0, 0.05) is 6.04 Å². The molecule has 130 valence electrons. The monoisotopic (exact) mass is 346 g/mol. The molecule has 2 fully saturated rings. The zero-order valence-electron chi connectivity index (χ0n) is 14.6. The lowest BCUT2D eigenvalue weighted by Gasteiger charge is -2.29. The average molecular weight is 346 g/mol. The fourth-order valence-corrected chi connectivity index (χ4v) is 4.78. The highest BCUT2D eigenvalue weighted by atomic mass is 32.2. The summed E-state index contributed by atoms with van der Waals surface area (Å²) in [6.07, 6.45) is 4.32. The first-order valence-electron chi connectivity index (χ1n) is 8.82. The van der Waals surface area contributed by atoms with E-state index in [1.807, 2.05) is 13.8 Å². The lowest BCUT2D eigenvalue weighted by Crippen LogP contribution is -2.48. The number of carbonyl (C=O) groups excluding carboxylic acids is 2. The first-order valence-corrected chi connectivity index (χ1v) is 9.70. The third-order valence-electron chi connectivity index (χ3n) is 5.24. The minimum Gasteiger partial charge on any atom is -0.335 e. The molecule has 3 amide bonds. The molecule has 0 aromatic heterocycles. The van der Waals surface area contributed by atoms with Crippen LogP contribution in [0.4, 0.5) is 9.59 Å². The van der Waals surface area contributed by atoms with E-state index in [2.05, 4.69) is 36.5 Å². The van der Waals surface area contributed by atoms with Crippen molar-refractivity contribution in [2.24, 2.45) is 5.92 Å². The second-order valence-corrected chi connectivity index (χ2v) is 8.32. The Morgan fingerprint density at radius 2 is 1.75 bits per heavy atom. The van der Waals surface area contributed by atoms with Gasteiger partial charge in [-0.2, -0.15) is 0 Å². The summed E-state index contributed by atoms with van der Waals surface area (Å²) in [6.45, 7) is 6.27. The molecule has 1 saturated heterocycles. The van der Waals surface area contributed by atoms with E-state index in [1.54, 1.807) is 0 Å². The number of imide groups is 1. The van der Waals surface area contributed by atoms with Crippen molar-refractivity contribution >= 4 is 23.0 Å². The maximum absolute atomic E-state index is 12.6. The highest BCUT2D eigenvalue weighted by Crippen LogP contribution is 2.43. The number of rotatable bonds is 2. The minimum absolute atomic E-state index is 0.00947. The van der Waals surface area contributed by atoms with E-state index in [0.29, 0.717) is 0 Å². The summed E-state index contributed by atoms with van der Waals surface area (Å²) in [6, 6.07) is 8.07. The van der Waals surface area contributed by atoms with Gasteiger partial charge in [-0.05, 0) is 51.0 Å². The summed E-state index contributed by atoms with van der Waals surface area (Å²) in [7, 11) is 0. The molecule has 0 unspecified atom stereocenters. The predicted molar refractivity (Wildman–Crippen MR) is 98.2 cm³/mol. The number of aryl methyl sites for hydroxylation is 1. The highest BCUT2D eigenvalue weighted by molar-refractivity contribution is 8.14. The summed E-state index contributed by atoms with van der Waals surface area (Å²) in [5, 5.41) is 2.94. The van der Waals surface area contributed by atoms with Crippen LogP contribution in [0, 0.1) is 12.8 Å². The van der Waals surface area contributed by atoms with E-state index in [9.17, 15) is 9.59 Å². The molecule has 1 aliphatic carbocycles. The second-order valence-electron chi connectivity index (χ2n) is 7.23. The fraction of sp³-hybridized carbons (Fsp3) is 0.579. The molecule has 3 rings (SSSR count). The van der Waals surface area contributed by atoms with Gasteiger partial charge in [0.15, 0.2) is 0 Å². The number of nitrogens with one attached hydrogen (secondary N) is 1. The van der Waals surface area contributed by atoms with E-state index >= 15 is 0 Å². The van der Waals surface area contributed by atoms with Crippen LogP contribution in [0.5, 0.6) is 0 Å². The molecule has 1 N–H and O–H groups in total. The van der Waals surface area contributed by atoms with Crippen LogP contribution in [0.25, 0.3) is 0 Å². The Kier molecular flexibility index (Phi) is 5.18. The molecule has 1 aliphatic heterocycles. The third-order valence-corrected chi connectivity index (χ3v) is 6.56. The highest BCUT2D eigenvalue weighted by Gasteiger charge is 2.42. The molecule has 2 aliphatic rings. The van der Waals surface area contributed by atoms with E-state index in [1.165, 1.54) is 22.2 Å². The van der Waals surface area contributed by atoms with Gasteiger partial charge in [0.05, 0.1) is 11.3 Å². The minimum atomic E-state index is -0.228. The summed E-state index contributed by atoms with van der Waals surface area (Å²) in [5.74, 6) is 0.743.